The van der Waals surface area contributed by atoms with E-state index in [1.165, 1.54) is 0 Å². The van der Waals surface area contributed by atoms with Gasteiger partial charge in [0.1, 0.15) is 10.9 Å². The van der Waals surface area contributed by atoms with Crippen LogP contribution in [0.3, 0.4) is 0 Å². The lowest BCUT2D eigenvalue weighted by molar-refractivity contribution is -0.136. The van der Waals surface area contributed by atoms with E-state index in [2.05, 4.69) is 15.3 Å². The highest BCUT2D eigenvalue weighted by Gasteiger charge is 2.20. The van der Waals surface area contributed by atoms with E-state index in [4.69, 9.17) is 10.8 Å². The largest absolute Gasteiger partial charge is 0.480 e. The molecule has 0 saturated heterocycles. The monoisotopic (exact) mass is 362 g/mol. The van der Waals surface area contributed by atoms with Gasteiger partial charge in [-0.2, -0.15) is 0 Å². The van der Waals surface area contributed by atoms with E-state index >= 15 is 0 Å². The van der Waals surface area contributed by atoms with E-state index in [0.29, 0.717) is 12.0 Å². The minimum absolute atomic E-state index is 0.0880. The van der Waals surface area contributed by atoms with Gasteiger partial charge >= 0.3 is 5.97 Å². The average molecular weight is 362 g/mol. The number of nitrogens with two attached hydrogens (primary N) is 1. The van der Waals surface area contributed by atoms with Crippen LogP contribution >= 0.6 is 11.8 Å². The van der Waals surface area contributed by atoms with Gasteiger partial charge in [-0.25, -0.2) is 4.98 Å². The summed E-state index contributed by atoms with van der Waals surface area (Å²) in [5, 5.41) is 10.8. The van der Waals surface area contributed by atoms with Gasteiger partial charge in [-0.05, 0) is 25.5 Å². The van der Waals surface area contributed by atoms with Crippen LogP contribution in [-0.2, 0) is 4.79 Å². The number of amides is 1. The Balaban J connectivity index is 2.22. The molecule has 1 atom stereocenters. The highest BCUT2D eigenvalue weighted by atomic mass is 32.2. The van der Waals surface area contributed by atoms with Crippen molar-refractivity contribution >= 4 is 35.1 Å². The van der Waals surface area contributed by atoms with E-state index < -0.39 is 22.7 Å². The van der Waals surface area contributed by atoms with Crippen LogP contribution in [0.15, 0.2) is 34.2 Å². The van der Waals surface area contributed by atoms with Crippen molar-refractivity contribution in [2.45, 2.75) is 30.7 Å². The number of aliphatic carboxylic acids is 1. The van der Waals surface area contributed by atoms with Crippen molar-refractivity contribution in [3.8, 4) is 0 Å². The van der Waals surface area contributed by atoms with Crippen molar-refractivity contribution < 1.29 is 14.7 Å². The van der Waals surface area contributed by atoms with Crippen molar-refractivity contribution in [2.24, 2.45) is 0 Å². The maximum atomic E-state index is 12.2. The molecule has 8 nitrogen and oxygen atoms in total. The lowest BCUT2D eigenvalue weighted by Crippen LogP contribution is -2.24. The van der Waals surface area contributed by atoms with Gasteiger partial charge in [0.15, 0.2) is 11.0 Å². The van der Waals surface area contributed by atoms with Crippen LogP contribution in [0, 0.1) is 6.92 Å². The zero-order valence-electron chi connectivity index (χ0n) is 13.7. The van der Waals surface area contributed by atoms with Gasteiger partial charge in [0, 0.05) is 5.56 Å². The number of carboxylic acid groups (broad SMARTS) is 1. The Hall–Kier alpha value is -2.81. The SMILES string of the molecule is CC[C@@H](Sc1nc(N)c(NC(=O)c2ccc(C)cc2)c(=O)[nH]1)C(=O)O. The molecular formula is C16H18N4O4S. The molecule has 132 valence electrons. The summed E-state index contributed by atoms with van der Waals surface area (Å²) in [6.45, 7) is 3.61. The first kappa shape index (κ1) is 18.5. The number of hydrogen-bond donors (Lipinski definition) is 4. The maximum Gasteiger partial charge on any atom is 0.317 e. The second-order valence-electron chi connectivity index (χ2n) is 5.30. The zero-order chi connectivity index (χ0) is 18.6. The Bertz CT molecular complexity index is 848. The molecule has 1 heterocycles. The van der Waals surface area contributed by atoms with Gasteiger partial charge in [-0.15, -0.1) is 0 Å². The lowest BCUT2D eigenvalue weighted by Gasteiger charge is -2.11. The quantitative estimate of drug-likeness (QED) is 0.454. The number of hydrogen-bond acceptors (Lipinski definition) is 6. The summed E-state index contributed by atoms with van der Waals surface area (Å²) in [7, 11) is 0. The number of aromatic amines is 1. The third-order valence-electron chi connectivity index (χ3n) is 3.38. The summed E-state index contributed by atoms with van der Waals surface area (Å²) in [5.74, 6) is -1.67. The molecule has 1 amide bonds. The molecule has 0 fully saturated rings. The smallest absolute Gasteiger partial charge is 0.317 e. The van der Waals surface area contributed by atoms with Gasteiger partial charge in [-0.3, -0.25) is 19.4 Å². The molecule has 2 rings (SSSR count). The average Bonchev–Trinajstić information content (AvgIpc) is 2.56. The van der Waals surface area contributed by atoms with Crippen LogP contribution in [-0.4, -0.2) is 32.2 Å². The van der Waals surface area contributed by atoms with Crippen LogP contribution in [0.4, 0.5) is 11.5 Å². The van der Waals surface area contributed by atoms with Crippen molar-refractivity contribution in [1.82, 2.24) is 9.97 Å². The van der Waals surface area contributed by atoms with Gasteiger partial charge < -0.3 is 16.2 Å². The number of benzene rings is 1. The van der Waals surface area contributed by atoms with Crippen LogP contribution in [0.25, 0.3) is 0 Å². The topological polar surface area (TPSA) is 138 Å². The van der Waals surface area contributed by atoms with Gasteiger partial charge in [-0.1, -0.05) is 36.4 Å². The number of aromatic nitrogens is 2. The fourth-order valence-electron chi connectivity index (χ4n) is 1.98. The highest BCUT2D eigenvalue weighted by Crippen LogP contribution is 2.23. The molecule has 0 saturated carbocycles. The Morgan fingerprint density at radius 1 is 1.36 bits per heavy atom. The molecule has 0 aliphatic rings. The minimum atomic E-state index is -1.01. The van der Waals surface area contributed by atoms with E-state index in [1.54, 1.807) is 31.2 Å². The normalized spacial score (nSPS) is 11.8. The summed E-state index contributed by atoms with van der Waals surface area (Å²) in [4.78, 5) is 41.9. The molecule has 0 spiro atoms. The highest BCUT2D eigenvalue weighted by molar-refractivity contribution is 8.00. The number of nitrogen functional groups attached to an aromatic ring is 1. The number of carbonyl (C=O) groups excluding carboxylic acids is 1. The van der Waals surface area contributed by atoms with Gasteiger partial charge in [0.05, 0.1) is 0 Å². The molecule has 1 aromatic carbocycles. The maximum absolute atomic E-state index is 12.2. The number of nitrogens with one attached hydrogen (secondary N) is 2. The van der Waals surface area contributed by atoms with E-state index in [-0.39, 0.29) is 16.7 Å². The molecular weight excluding hydrogens is 344 g/mol. The van der Waals surface area contributed by atoms with Crippen LogP contribution in [0.2, 0.25) is 0 Å². The molecule has 1 aromatic heterocycles. The summed E-state index contributed by atoms with van der Waals surface area (Å²) in [5.41, 5.74) is 6.32. The Kier molecular flexibility index (Phi) is 5.81. The number of H-pyrrole nitrogens is 1. The molecule has 9 heteroatoms. The summed E-state index contributed by atoms with van der Waals surface area (Å²) >= 11 is 0.892. The van der Waals surface area contributed by atoms with Gasteiger partial charge in [0.2, 0.25) is 0 Å². The van der Waals surface area contributed by atoms with Crippen molar-refractivity contribution in [3.63, 3.8) is 0 Å². The fourth-order valence-corrected chi connectivity index (χ4v) is 2.82. The number of aryl methyl sites for hydroxylation is 1. The Labute approximate surface area is 147 Å². The third-order valence-corrected chi connectivity index (χ3v) is 4.61. The molecule has 0 radical (unpaired) electrons. The Morgan fingerprint density at radius 3 is 2.52 bits per heavy atom. The first-order chi connectivity index (χ1) is 11.8. The number of rotatable bonds is 6. The van der Waals surface area contributed by atoms with Crippen molar-refractivity contribution in [1.29, 1.82) is 0 Å². The van der Waals surface area contributed by atoms with E-state index in [9.17, 15) is 14.4 Å². The lowest BCUT2D eigenvalue weighted by atomic mass is 10.1. The summed E-state index contributed by atoms with van der Waals surface area (Å²) < 4.78 is 0. The third kappa shape index (κ3) is 4.60. The summed E-state index contributed by atoms with van der Waals surface area (Å²) in [6.07, 6.45) is 0.357. The summed E-state index contributed by atoms with van der Waals surface area (Å²) in [6, 6.07) is 6.81. The van der Waals surface area contributed by atoms with Crippen LogP contribution in [0.5, 0.6) is 0 Å². The van der Waals surface area contributed by atoms with Crippen LogP contribution in [0.1, 0.15) is 29.3 Å². The number of carboxylic acids is 1. The Morgan fingerprint density at radius 2 is 2.00 bits per heavy atom. The molecule has 5 N–H and O–H groups in total. The molecule has 0 aliphatic heterocycles. The van der Waals surface area contributed by atoms with Crippen molar-refractivity contribution in [3.05, 3.63) is 45.7 Å². The van der Waals surface area contributed by atoms with Crippen molar-refractivity contribution in [2.75, 3.05) is 11.1 Å². The molecule has 2 aromatic rings. The second-order valence-corrected chi connectivity index (χ2v) is 6.50. The predicted molar refractivity (Wildman–Crippen MR) is 96.0 cm³/mol. The molecule has 0 bridgehead atoms. The van der Waals surface area contributed by atoms with E-state index in [1.807, 2.05) is 6.92 Å². The molecule has 0 aliphatic carbocycles. The molecule has 25 heavy (non-hydrogen) atoms. The van der Waals surface area contributed by atoms with E-state index in [0.717, 1.165) is 17.3 Å². The fraction of sp³-hybridized carbons (Fsp3) is 0.250. The van der Waals surface area contributed by atoms with Gasteiger partial charge in [0.25, 0.3) is 11.5 Å². The van der Waals surface area contributed by atoms with Crippen LogP contribution < -0.4 is 16.6 Å². The second kappa shape index (κ2) is 7.84. The number of carbonyl (C=O) groups is 2. The number of nitrogens with zero attached hydrogens (tertiary/aromatic N) is 1. The zero-order valence-corrected chi connectivity index (χ0v) is 14.5. The number of thioether (sulfide) groups is 1. The first-order valence-electron chi connectivity index (χ1n) is 7.49. The molecule has 0 unspecified atom stereocenters. The minimum Gasteiger partial charge on any atom is -0.480 e. The predicted octanol–water partition coefficient (Wildman–Crippen LogP) is 1.87. The standard InChI is InChI=1S/C16H18N4O4S/c1-3-10(15(23)24)25-16-19-12(17)11(14(22)20-16)18-13(21)9-6-4-8(2)5-7-9/h4-7,10H,3H2,1-2H3,(H,18,21)(H,23,24)(H3,17,19,20,22)/t10-/m1/s1. The first-order valence-corrected chi connectivity index (χ1v) is 8.37. The number of anilines is 2.